The monoisotopic (exact) mass is 503 g/mol. The van der Waals surface area contributed by atoms with E-state index in [1.807, 2.05) is 59.5 Å². The van der Waals surface area contributed by atoms with E-state index in [4.69, 9.17) is 11.1 Å². The van der Waals surface area contributed by atoms with E-state index in [-0.39, 0.29) is 29.1 Å². The van der Waals surface area contributed by atoms with Crippen molar-refractivity contribution < 1.29 is 13.2 Å². The molecule has 1 saturated carbocycles. The number of amides is 1. The number of carbonyl (C=O) groups is 1. The Morgan fingerprint density at radius 2 is 1.67 bits per heavy atom. The van der Waals surface area contributed by atoms with Crippen LogP contribution < -0.4 is 5.73 Å². The molecular formula is C29H33N3O3S. The van der Waals surface area contributed by atoms with Crippen LogP contribution in [0.5, 0.6) is 0 Å². The molecule has 0 unspecified atom stereocenters. The minimum Gasteiger partial charge on any atom is -0.384 e. The Hall–Kier alpha value is -3.45. The molecule has 0 atom stereocenters. The van der Waals surface area contributed by atoms with E-state index in [1.54, 1.807) is 18.2 Å². The van der Waals surface area contributed by atoms with Crippen molar-refractivity contribution in [3.05, 3.63) is 89.5 Å². The van der Waals surface area contributed by atoms with Crippen molar-refractivity contribution in [1.82, 2.24) is 4.90 Å². The van der Waals surface area contributed by atoms with Crippen LogP contribution in [0, 0.1) is 5.41 Å². The number of nitrogens with one attached hydrogen (secondary N) is 1. The van der Waals surface area contributed by atoms with E-state index in [0.717, 1.165) is 36.8 Å². The number of nitrogens with zero attached hydrogens (tertiary/aromatic N) is 1. The van der Waals surface area contributed by atoms with Gasteiger partial charge in [0.1, 0.15) is 5.84 Å². The number of carbonyl (C=O) groups excluding carboxylic acids is 1. The first-order valence-electron chi connectivity index (χ1n) is 12.3. The molecule has 36 heavy (non-hydrogen) atoms. The third kappa shape index (κ3) is 6.21. The fourth-order valence-electron chi connectivity index (χ4n) is 4.96. The zero-order valence-electron chi connectivity index (χ0n) is 20.6. The van der Waals surface area contributed by atoms with Gasteiger partial charge >= 0.3 is 0 Å². The summed E-state index contributed by atoms with van der Waals surface area (Å²) in [4.78, 5) is 15.8. The van der Waals surface area contributed by atoms with Crippen molar-refractivity contribution in [3.63, 3.8) is 0 Å². The summed E-state index contributed by atoms with van der Waals surface area (Å²) in [7, 11) is -3.50. The number of rotatable bonds is 8. The van der Waals surface area contributed by atoms with Gasteiger partial charge in [0.05, 0.1) is 11.3 Å². The van der Waals surface area contributed by atoms with Crippen LogP contribution in [0.25, 0.3) is 11.1 Å². The number of nitrogens with two attached hydrogens (primary N) is 1. The molecule has 0 heterocycles. The summed E-state index contributed by atoms with van der Waals surface area (Å²) in [6, 6.07) is 22.3. The number of hydrogen-bond donors (Lipinski definition) is 2. The average Bonchev–Trinajstić information content (AvgIpc) is 2.88. The summed E-state index contributed by atoms with van der Waals surface area (Å²) in [6.45, 7) is 0.436. The van der Waals surface area contributed by atoms with Gasteiger partial charge in [0.2, 0.25) is 5.91 Å². The van der Waals surface area contributed by atoms with E-state index >= 15 is 0 Å². The summed E-state index contributed by atoms with van der Waals surface area (Å²) in [6.07, 6.45) is 6.60. The first-order chi connectivity index (χ1) is 17.2. The molecular weight excluding hydrogens is 470 g/mol. The predicted octanol–water partition coefficient (Wildman–Crippen LogP) is 4.95. The van der Waals surface area contributed by atoms with Crippen LogP contribution in [0.3, 0.4) is 0 Å². The van der Waals surface area contributed by atoms with Gasteiger partial charge in [0.25, 0.3) is 0 Å². The van der Waals surface area contributed by atoms with E-state index in [0.29, 0.717) is 23.2 Å². The minimum absolute atomic E-state index is 0.000738. The van der Waals surface area contributed by atoms with Crippen LogP contribution in [0.2, 0.25) is 0 Å². The summed E-state index contributed by atoms with van der Waals surface area (Å²) in [5, 5.41) is 7.74. The van der Waals surface area contributed by atoms with E-state index in [2.05, 4.69) is 0 Å². The van der Waals surface area contributed by atoms with Crippen molar-refractivity contribution >= 4 is 21.6 Å². The van der Waals surface area contributed by atoms with Crippen LogP contribution >= 0.6 is 0 Å². The van der Waals surface area contributed by atoms with E-state index in [1.165, 1.54) is 12.7 Å². The van der Waals surface area contributed by atoms with Crippen LogP contribution in [-0.2, 0) is 27.6 Å². The summed E-state index contributed by atoms with van der Waals surface area (Å²) in [5.41, 5.74) is 9.38. The number of amidine groups is 1. The molecule has 0 bridgehead atoms. The van der Waals surface area contributed by atoms with Crippen molar-refractivity contribution in [1.29, 1.82) is 5.41 Å². The lowest BCUT2D eigenvalue weighted by atomic mass is 9.93. The van der Waals surface area contributed by atoms with Gasteiger partial charge in [-0.3, -0.25) is 10.2 Å². The van der Waals surface area contributed by atoms with Gasteiger partial charge in [-0.15, -0.1) is 0 Å². The second-order valence-corrected chi connectivity index (χ2v) is 11.6. The Morgan fingerprint density at radius 3 is 2.33 bits per heavy atom. The topological polar surface area (TPSA) is 104 Å². The maximum absolute atomic E-state index is 13.7. The quantitative estimate of drug-likeness (QED) is 0.335. The fourth-order valence-corrected chi connectivity index (χ4v) is 5.91. The number of hydrogen-bond acceptors (Lipinski definition) is 4. The number of sulfone groups is 1. The molecule has 1 aliphatic rings. The molecule has 4 rings (SSSR count). The maximum atomic E-state index is 13.7. The zero-order chi connectivity index (χ0) is 25.7. The Labute approximate surface area is 213 Å². The molecule has 7 heteroatoms. The first-order valence-corrected chi connectivity index (χ1v) is 14.2. The summed E-state index contributed by atoms with van der Waals surface area (Å²) < 4.78 is 25.3. The molecule has 0 aromatic heterocycles. The molecule has 188 valence electrons. The molecule has 0 aliphatic heterocycles. The first kappa shape index (κ1) is 25.6. The molecule has 0 spiro atoms. The Kier molecular flexibility index (Phi) is 7.89. The van der Waals surface area contributed by atoms with Gasteiger partial charge in [0, 0.05) is 30.0 Å². The van der Waals surface area contributed by atoms with Crippen LogP contribution in [0.15, 0.2) is 77.7 Å². The highest BCUT2D eigenvalue weighted by Crippen LogP contribution is 2.30. The highest BCUT2D eigenvalue weighted by molar-refractivity contribution is 7.90. The number of nitrogen functional groups attached to an aromatic ring is 1. The molecule has 3 aromatic carbocycles. The minimum atomic E-state index is -3.50. The number of benzene rings is 3. The second-order valence-electron chi connectivity index (χ2n) is 9.57. The van der Waals surface area contributed by atoms with Crippen molar-refractivity contribution in [2.45, 2.75) is 56.0 Å². The third-order valence-electron chi connectivity index (χ3n) is 6.81. The third-order valence-corrected chi connectivity index (χ3v) is 7.95. The molecule has 1 amide bonds. The molecule has 1 aliphatic carbocycles. The lowest BCUT2D eigenvalue weighted by molar-refractivity contribution is -0.134. The van der Waals surface area contributed by atoms with Gasteiger partial charge in [-0.05, 0) is 41.7 Å². The highest BCUT2D eigenvalue weighted by atomic mass is 32.2. The normalized spacial score (nSPS) is 14.4. The predicted molar refractivity (Wildman–Crippen MR) is 144 cm³/mol. The van der Waals surface area contributed by atoms with Crippen molar-refractivity contribution in [2.75, 3.05) is 6.26 Å². The highest BCUT2D eigenvalue weighted by Gasteiger charge is 2.26. The van der Waals surface area contributed by atoms with Crippen LogP contribution in [-0.4, -0.2) is 37.4 Å². The van der Waals surface area contributed by atoms with Gasteiger partial charge in [-0.25, -0.2) is 8.42 Å². The molecule has 3 N–H and O–H groups in total. The van der Waals surface area contributed by atoms with Crippen molar-refractivity contribution in [3.8, 4) is 11.1 Å². The standard InChI is InChI=1S/C29H33N3O3S/c1-36(34,35)27-18-21(15-16-26(27)23-10-4-2-5-11-23)19-28(33)32(25-13-6-3-7-14-25)20-22-9-8-12-24(17-22)29(30)31/h2,4-5,8-12,15-18,25H,3,6-7,13-14,19-20H2,1H3,(H3,30,31). The lowest BCUT2D eigenvalue weighted by Gasteiger charge is -2.35. The Balaban J connectivity index is 1.63. The van der Waals surface area contributed by atoms with Gasteiger partial charge < -0.3 is 10.6 Å². The van der Waals surface area contributed by atoms with Gasteiger partial charge in [0.15, 0.2) is 9.84 Å². The second kappa shape index (κ2) is 11.1. The van der Waals surface area contributed by atoms with Gasteiger partial charge in [-0.1, -0.05) is 79.9 Å². The smallest absolute Gasteiger partial charge is 0.227 e. The Morgan fingerprint density at radius 1 is 0.944 bits per heavy atom. The molecule has 6 nitrogen and oxygen atoms in total. The molecule has 0 radical (unpaired) electrons. The molecule has 0 saturated heterocycles. The van der Waals surface area contributed by atoms with Crippen LogP contribution in [0.1, 0.15) is 48.8 Å². The summed E-state index contributed by atoms with van der Waals surface area (Å²) in [5.74, 6) is -0.0266. The SMILES string of the molecule is CS(=O)(=O)c1cc(CC(=O)N(Cc2cccc(C(=N)N)c2)C2CCCCC2)ccc1-c1ccccc1. The van der Waals surface area contributed by atoms with Gasteiger partial charge in [-0.2, -0.15) is 0 Å². The maximum Gasteiger partial charge on any atom is 0.227 e. The fraction of sp³-hybridized carbons (Fsp3) is 0.310. The molecule has 3 aromatic rings. The van der Waals surface area contributed by atoms with Crippen LogP contribution in [0.4, 0.5) is 0 Å². The van der Waals surface area contributed by atoms with E-state index in [9.17, 15) is 13.2 Å². The van der Waals surface area contributed by atoms with E-state index < -0.39 is 9.84 Å². The zero-order valence-corrected chi connectivity index (χ0v) is 21.4. The van der Waals surface area contributed by atoms with Crippen molar-refractivity contribution in [2.24, 2.45) is 5.73 Å². The summed E-state index contributed by atoms with van der Waals surface area (Å²) >= 11 is 0. The lowest BCUT2D eigenvalue weighted by Crippen LogP contribution is -2.41. The molecule has 1 fully saturated rings. The Bertz CT molecular complexity index is 1350. The average molecular weight is 504 g/mol. The largest absolute Gasteiger partial charge is 0.384 e.